The third-order valence-corrected chi connectivity index (χ3v) is 5.63. The molecule has 2 aliphatic heterocycles. The van der Waals surface area contributed by atoms with Crippen molar-refractivity contribution in [3.63, 3.8) is 0 Å². The van der Waals surface area contributed by atoms with Gasteiger partial charge in [-0.2, -0.15) is 0 Å². The Bertz CT molecular complexity index is 551. The van der Waals surface area contributed by atoms with E-state index in [9.17, 15) is 4.79 Å². The largest absolute Gasteiger partial charge is 0.381 e. The van der Waals surface area contributed by atoms with E-state index in [4.69, 9.17) is 9.47 Å². The van der Waals surface area contributed by atoms with E-state index < -0.39 is 0 Å². The zero-order chi connectivity index (χ0) is 16.8. The van der Waals surface area contributed by atoms with Crippen LogP contribution in [0.3, 0.4) is 0 Å². The van der Waals surface area contributed by atoms with Gasteiger partial charge in [0.1, 0.15) is 0 Å². The van der Waals surface area contributed by atoms with Crippen molar-refractivity contribution in [3.05, 3.63) is 34.3 Å². The molecule has 24 heavy (non-hydrogen) atoms. The normalized spacial score (nSPS) is 23.6. The third kappa shape index (κ3) is 4.58. The van der Waals surface area contributed by atoms with E-state index in [0.717, 1.165) is 48.9 Å². The van der Waals surface area contributed by atoms with E-state index >= 15 is 0 Å². The minimum Gasteiger partial charge on any atom is -0.381 e. The van der Waals surface area contributed by atoms with Crippen LogP contribution in [0, 0.1) is 5.92 Å². The summed E-state index contributed by atoms with van der Waals surface area (Å²) in [4.78, 5) is 12.6. The summed E-state index contributed by atoms with van der Waals surface area (Å²) in [7, 11) is 0. The average molecular weight is 396 g/mol. The Balaban J connectivity index is 1.64. The van der Waals surface area contributed by atoms with Crippen LogP contribution >= 0.6 is 15.9 Å². The van der Waals surface area contributed by atoms with Gasteiger partial charge in [0.25, 0.3) is 0 Å². The molecule has 1 N–H and O–H groups in total. The smallest absolute Gasteiger partial charge is 0.220 e. The van der Waals surface area contributed by atoms with Gasteiger partial charge in [-0.25, -0.2) is 0 Å². The second-order valence-electron chi connectivity index (χ2n) is 6.87. The Morgan fingerprint density at radius 2 is 2.08 bits per heavy atom. The Labute approximate surface area is 152 Å². The lowest BCUT2D eigenvalue weighted by atomic mass is 9.82. The molecular weight excluding hydrogens is 370 g/mol. The lowest BCUT2D eigenvalue weighted by Gasteiger charge is -2.39. The van der Waals surface area contributed by atoms with Crippen molar-refractivity contribution in [3.8, 4) is 0 Å². The van der Waals surface area contributed by atoms with Crippen LogP contribution in [0.15, 0.2) is 28.7 Å². The summed E-state index contributed by atoms with van der Waals surface area (Å²) in [6, 6.07) is 8.26. The Morgan fingerprint density at radius 3 is 2.79 bits per heavy atom. The molecule has 2 fully saturated rings. The van der Waals surface area contributed by atoms with Crippen molar-refractivity contribution in [1.82, 2.24) is 5.32 Å². The van der Waals surface area contributed by atoms with Gasteiger partial charge < -0.3 is 14.8 Å². The summed E-state index contributed by atoms with van der Waals surface area (Å²) < 4.78 is 12.1. The molecule has 1 amide bonds. The summed E-state index contributed by atoms with van der Waals surface area (Å²) in [5.74, 6) is 0.670. The first-order chi connectivity index (χ1) is 11.7. The summed E-state index contributed by atoms with van der Waals surface area (Å²) >= 11 is 3.54. The molecule has 5 heteroatoms. The first-order valence-corrected chi connectivity index (χ1v) is 9.70. The number of hydrogen-bond acceptors (Lipinski definition) is 3. The van der Waals surface area contributed by atoms with Crippen LogP contribution in [0.25, 0.3) is 0 Å². The van der Waals surface area contributed by atoms with Crippen LogP contribution in [-0.2, 0) is 19.8 Å². The second kappa shape index (κ2) is 8.45. The number of benzene rings is 1. The van der Waals surface area contributed by atoms with Crippen molar-refractivity contribution in [2.75, 3.05) is 26.4 Å². The molecule has 0 bridgehead atoms. The van der Waals surface area contributed by atoms with Gasteiger partial charge in [-0.05, 0) is 55.7 Å². The van der Waals surface area contributed by atoms with E-state index in [1.165, 1.54) is 6.42 Å². The molecule has 2 saturated heterocycles. The minimum absolute atomic E-state index is 0.141. The summed E-state index contributed by atoms with van der Waals surface area (Å²) in [6.07, 6.45) is 5.43. The maximum Gasteiger partial charge on any atom is 0.220 e. The number of hydrogen-bond donors (Lipinski definition) is 1. The highest BCUT2D eigenvalue weighted by Gasteiger charge is 2.36. The van der Waals surface area contributed by atoms with Crippen LogP contribution in [0.1, 0.15) is 44.1 Å². The van der Waals surface area contributed by atoms with Gasteiger partial charge in [-0.1, -0.05) is 28.1 Å². The Kier molecular flexibility index (Phi) is 6.31. The SMILES string of the molecule is O=C(CCC1CCCOC1)NC1(c2cccc(Br)c2)CCOCC1. The number of halogens is 1. The number of carbonyl (C=O) groups is 1. The van der Waals surface area contributed by atoms with E-state index in [2.05, 4.69) is 33.4 Å². The zero-order valence-electron chi connectivity index (χ0n) is 14.1. The second-order valence-corrected chi connectivity index (χ2v) is 7.79. The molecule has 1 unspecified atom stereocenters. The molecule has 0 saturated carbocycles. The highest BCUT2D eigenvalue weighted by atomic mass is 79.9. The highest BCUT2D eigenvalue weighted by molar-refractivity contribution is 9.10. The van der Waals surface area contributed by atoms with Gasteiger partial charge in [-0.15, -0.1) is 0 Å². The molecule has 0 spiro atoms. The monoisotopic (exact) mass is 395 g/mol. The maximum atomic E-state index is 12.6. The number of amides is 1. The fourth-order valence-corrected chi connectivity index (χ4v) is 4.09. The molecule has 1 atom stereocenters. The van der Waals surface area contributed by atoms with Crippen molar-refractivity contribution in [1.29, 1.82) is 0 Å². The number of rotatable bonds is 5. The fourth-order valence-electron chi connectivity index (χ4n) is 3.69. The molecule has 0 radical (unpaired) electrons. The van der Waals surface area contributed by atoms with Crippen LogP contribution < -0.4 is 5.32 Å². The zero-order valence-corrected chi connectivity index (χ0v) is 15.6. The van der Waals surface area contributed by atoms with Crippen molar-refractivity contribution in [2.24, 2.45) is 5.92 Å². The van der Waals surface area contributed by atoms with Crippen LogP contribution in [0.2, 0.25) is 0 Å². The summed E-state index contributed by atoms with van der Waals surface area (Å²) in [5.41, 5.74) is 0.858. The van der Waals surface area contributed by atoms with Crippen LogP contribution in [0.4, 0.5) is 0 Å². The molecule has 0 aliphatic carbocycles. The fraction of sp³-hybridized carbons (Fsp3) is 0.632. The molecule has 2 aliphatic rings. The molecule has 4 nitrogen and oxygen atoms in total. The van der Waals surface area contributed by atoms with Gasteiger partial charge in [0.05, 0.1) is 5.54 Å². The van der Waals surface area contributed by atoms with Crippen molar-refractivity contribution in [2.45, 2.75) is 44.1 Å². The number of nitrogens with one attached hydrogen (secondary N) is 1. The number of carbonyl (C=O) groups excluding carboxylic acids is 1. The van der Waals surface area contributed by atoms with E-state index in [1.54, 1.807) is 0 Å². The molecule has 0 aromatic heterocycles. The summed E-state index contributed by atoms with van der Waals surface area (Å²) in [5, 5.41) is 3.33. The van der Waals surface area contributed by atoms with Gasteiger partial charge in [0.2, 0.25) is 5.91 Å². The Morgan fingerprint density at radius 1 is 1.25 bits per heavy atom. The first-order valence-electron chi connectivity index (χ1n) is 8.90. The van der Waals surface area contributed by atoms with Crippen LogP contribution in [0.5, 0.6) is 0 Å². The first kappa shape index (κ1) is 17.9. The van der Waals surface area contributed by atoms with E-state index in [-0.39, 0.29) is 11.4 Å². The molecule has 3 rings (SSSR count). The molecule has 132 valence electrons. The minimum atomic E-state index is -0.303. The van der Waals surface area contributed by atoms with E-state index in [1.807, 2.05) is 12.1 Å². The quantitative estimate of drug-likeness (QED) is 0.824. The standard InChI is InChI=1S/C19H26BrNO3/c20-17-5-1-4-16(13-17)19(8-11-23-12-9-19)21-18(22)7-6-15-3-2-10-24-14-15/h1,4-5,13,15H,2-3,6-12,14H2,(H,21,22). The third-order valence-electron chi connectivity index (χ3n) is 5.14. The predicted octanol–water partition coefficient (Wildman–Crippen LogP) is 3.78. The van der Waals surface area contributed by atoms with Gasteiger partial charge in [0, 0.05) is 37.3 Å². The van der Waals surface area contributed by atoms with Crippen LogP contribution in [-0.4, -0.2) is 32.3 Å². The lowest BCUT2D eigenvalue weighted by molar-refractivity contribution is -0.125. The Hall–Kier alpha value is -0.910. The molecule has 2 heterocycles. The summed E-state index contributed by atoms with van der Waals surface area (Å²) in [6.45, 7) is 3.04. The number of ether oxygens (including phenoxy) is 2. The maximum absolute atomic E-state index is 12.6. The average Bonchev–Trinajstić information content (AvgIpc) is 2.62. The van der Waals surface area contributed by atoms with Crippen molar-refractivity contribution >= 4 is 21.8 Å². The van der Waals surface area contributed by atoms with E-state index in [0.29, 0.717) is 25.6 Å². The molecular formula is C19H26BrNO3. The molecule has 1 aromatic rings. The van der Waals surface area contributed by atoms with Gasteiger partial charge >= 0.3 is 0 Å². The topological polar surface area (TPSA) is 47.6 Å². The lowest BCUT2D eigenvalue weighted by Crippen LogP contribution is -2.49. The van der Waals surface area contributed by atoms with Gasteiger partial charge in [0.15, 0.2) is 0 Å². The highest BCUT2D eigenvalue weighted by Crippen LogP contribution is 2.34. The predicted molar refractivity (Wildman–Crippen MR) is 96.8 cm³/mol. The van der Waals surface area contributed by atoms with Crippen molar-refractivity contribution < 1.29 is 14.3 Å². The van der Waals surface area contributed by atoms with Gasteiger partial charge in [-0.3, -0.25) is 4.79 Å². The molecule has 1 aromatic carbocycles.